The summed E-state index contributed by atoms with van der Waals surface area (Å²) in [5.74, 6) is 0.117. The lowest BCUT2D eigenvalue weighted by atomic mass is 10.1. The molecule has 1 aliphatic heterocycles. The van der Waals surface area contributed by atoms with Crippen LogP contribution in [0, 0.1) is 6.92 Å². The minimum Gasteiger partial charge on any atom is -0.339 e. The fourth-order valence-corrected chi connectivity index (χ4v) is 2.91. The van der Waals surface area contributed by atoms with Crippen LogP contribution in [-0.4, -0.2) is 14.9 Å². The number of fused-ring (bicyclic) bond motifs is 5. The van der Waals surface area contributed by atoms with Gasteiger partial charge in [0.1, 0.15) is 5.69 Å². The highest BCUT2D eigenvalue weighted by Crippen LogP contribution is 2.36. The predicted molar refractivity (Wildman–Crippen MR) is 70.4 cm³/mol. The summed E-state index contributed by atoms with van der Waals surface area (Å²) in [4.78, 5) is 12.4. The molecule has 4 rings (SSSR count). The molecule has 3 nitrogen and oxygen atoms in total. The third-order valence-corrected chi connectivity index (χ3v) is 3.77. The SMILES string of the molecule is Cc1ccc2c3c(n(C)c2c1)C(=O)c1cccn1-3. The van der Waals surface area contributed by atoms with Gasteiger partial charge in [-0.05, 0) is 30.7 Å². The van der Waals surface area contributed by atoms with Crippen molar-refractivity contribution in [3.8, 4) is 5.69 Å². The zero-order chi connectivity index (χ0) is 12.4. The van der Waals surface area contributed by atoms with E-state index in [2.05, 4.69) is 25.1 Å². The Hall–Kier alpha value is -2.29. The van der Waals surface area contributed by atoms with Gasteiger partial charge in [-0.2, -0.15) is 0 Å². The highest BCUT2D eigenvalue weighted by atomic mass is 16.1. The Labute approximate surface area is 104 Å². The van der Waals surface area contributed by atoms with Crippen molar-refractivity contribution in [1.29, 1.82) is 0 Å². The van der Waals surface area contributed by atoms with Crippen molar-refractivity contribution in [3.63, 3.8) is 0 Å². The first-order valence-corrected chi connectivity index (χ1v) is 6.00. The number of aryl methyl sites for hydroxylation is 2. The number of nitrogens with zero attached hydrogens (tertiary/aromatic N) is 2. The molecule has 88 valence electrons. The van der Waals surface area contributed by atoms with Gasteiger partial charge >= 0.3 is 0 Å². The lowest BCUT2D eigenvalue weighted by molar-refractivity contribution is 0.103. The van der Waals surface area contributed by atoms with Gasteiger partial charge in [-0.25, -0.2) is 0 Å². The molecule has 18 heavy (non-hydrogen) atoms. The minimum absolute atomic E-state index is 0.117. The summed E-state index contributed by atoms with van der Waals surface area (Å²) in [6.07, 6.45) is 1.96. The van der Waals surface area contributed by atoms with Gasteiger partial charge in [0.15, 0.2) is 0 Å². The van der Waals surface area contributed by atoms with Crippen LogP contribution in [0.4, 0.5) is 0 Å². The van der Waals surface area contributed by atoms with Crippen molar-refractivity contribution in [3.05, 3.63) is 53.5 Å². The second-order valence-electron chi connectivity index (χ2n) is 4.87. The number of hydrogen-bond acceptors (Lipinski definition) is 1. The number of benzene rings is 1. The summed E-state index contributed by atoms with van der Waals surface area (Å²) < 4.78 is 4.00. The van der Waals surface area contributed by atoms with Crippen LogP contribution in [0.15, 0.2) is 36.5 Å². The third kappa shape index (κ3) is 0.933. The van der Waals surface area contributed by atoms with Crippen molar-refractivity contribution < 1.29 is 4.79 Å². The van der Waals surface area contributed by atoms with Crippen molar-refractivity contribution in [1.82, 2.24) is 9.13 Å². The van der Waals surface area contributed by atoms with E-state index in [-0.39, 0.29) is 5.78 Å². The highest BCUT2D eigenvalue weighted by molar-refractivity contribution is 6.18. The second kappa shape index (κ2) is 2.93. The first kappa shape index (κ1) is 9.71. The molecule has 0 fully saturated rings. The number of rotatable bonds is 0. The zero-order valence-electron chi connectivity index (χ0n) is 10.3. The van der Waals surface area contributed by atoms with Crippen molar-refractivity contribution in [2.45, 2.75) is 6.92 Å². The summed E-state index contributed by atoms with van der Waals surface area (Å²) in [5, 5.41) is 1.14. The van der Waals surface area contributed by atoms with Crippen LogP contribution < -0.4 is 0 Å². The summed E-state index contributed by atoms with van der Waals surface area (Å²) in [6.45, 7) is 2.07. The monoisotopic (exact) mass is 236 g/mol. The van der Waals surface area contributed by atoms with Crippen molar-refractivity contribution >= 4 is 16.7 Å². The maximum atomic E-state index is 12.4. The van der Waals surface area contributed by atoms with Crippen LogP contribution in [0.3, 0.4) is 0 Å². The molecule has 0 bridgehead atoms. The predicted octanol–water partition coefficient (Wildman–Crippen LogP) is 2.82. The molecule has 0 aliphatic carbocycles. The van der Waals surface area contributed by atoms with Crippen LogP contribution in [0.2, 0.25) is 0 Å². The van der Waals surface area contributed by atoms with Crippen LogP contribution in [0.25, 0.3) is 16.6 Å². The molecule has 0 unspecified atom stereocenters. The average Bonchev–Trinajstić information content (AvgIpc) is 2.97. The molecular weight excluding hydrogens is 224 g/mol. The van der Waals surface area contributed by atoms with E-state index in [1.165, 1.54) is 5.56 Å². The number of carbonyl (C=O) groups excluding carboxylic acids is 1. The molecule has 0 saturated carbocycles. The molecular formula is C15H12N2O. The Morgan fingerprint density at radius 1 is 1.17 bits per heavy atom. The van der Waals surface area contributed by atoms with E-state index in [4.69, 9.17) is 0 Å². The Morgan fingerprint density at radius 3 is 2.83 bits per heavy atom. The Morgan fingerprint density at radius 2 is 2.00 bits per heavy atom. The van der Waals surface area contributed by atoms with E-state index in [0.717, 1.165) is 28.0 Å². The quantitative estimate of drug-likeness (QED) is 0.461. The van der Waals surface area contributed by atoms with Gasteiger partial charge in [0.05, 0.1) is 16.9 Å². The van der Waals surface area contributed by atoms with Crippen molar-refractivity contribution in [2.24, 2.45) is 7.05 Å². The lowest BCUT2D eigenvalue weighted by Gasteiger charge is -2.02. The number of carbonyl (C=O) groups is 1. The van der Waals surface area contributed by atoms with E-state index >= 15 is 0 Å². The normalized spacial score (nSPS) is 13.1. The van der Waals surface area contributed by atoms with E-state index in [9.17, 15) is 4.79 Å². The van der Waals surface area contributed by atoms with Crippen LogP contribution in [0.5, 0.6) is 0 Å². The van der Waals surface area contributed by atoms with E-state index in [1.54, 1.807) is 0 Å². The molecule has 0 atom stereocenters. The summed E-state index contributed by atoms with van der Waals surface area (Å²) >= 11 is 0. The summed E-state index contributed by atoms with van der Waals surface area (Å²) in [7, 11) is 1.96. The highest BCUT2D eigenvalue weighted by Gasteiger charge is 2.31. The van der Waals surface area contributed by atoms with E-state index in [0.29, 0.717) is 0 Å². The van der Waals surface area contributed by atoms with Gasteiger partial charge in [-0.15, -0.1) is 0 Å². The maximum absolute atomic E-state index is 12.4. The molecule has 0 amide bonds. The maximum Gasteiger partial charge on any atom is 0.228 e. The molecule has 0 saturated heterocycles. The molecule has 3 aromatic rings. The Balaban J connectivity index is 2.24. The van der Waals surface area contributed by atoms with Gasteiger partial charge in [-0.3, -0.25) is 4.79 Å². The Bertz CT molecular complexity index is 820. The molecule has 3 heteroatoms. The number of hydrogen-bond donors (Lipinski definition) is 0. The minimum atomic E-state index is 0.117. The van der Waals surface area contributed by atoms with E-state index in [1.807, 2.05) is 34.5 Å². The summed E-state index contributed by atoms with van der Waals surface area (Å²) in [5.41, 5.74) is 4.91. The second-order valence-corrected chi connectivity index (χ2v) is 4.87. The fourth-order valence-electron chi connectivity index (χ4n) is 2.91. The largest absolute Gasteiger partial charge is 0.339 e. The van der Waals surface area contributed by atoms with Gasteiger partial charge in [0, 0.05) is 18.6 Å². The van der Waals surface area contributed by atoms with Crippen LogP contribution in [-0.2, 0) is 7.05 Å². The molecule has 0 spiro atoms. The third-order valence-electron chi connectivity index (χ3n) is 3.77. The standard InChI is InChI=1S/C15H12N2O/c1-9-5-6-10-12(8-9)16(2)14-13(10)17-7-3-4-11(17)15(14)18/h3-8H,1-2H3. The molecule has 1 aromatic carbocycles. The molecule has 0 N–H and O–H groups in total. The number of ketones is 1. The number of aromatic nitrogens is 2. The van der Waals surface area contributed by atoms with Gasteiger partial charge in [-0.1, -0.05) is 12.1 Å². The zero-order valence-corrected chi connectivity index (χ0v) is 10.3. The van der Waals surface area contributed by atoms with Crippen LogP contribution >= 0.6 is 0 Å². The van der Waals surface area contributed by atoms with E-state index < -0.39 is 0 Å². The molecule has 3 heterocycles. The topological polar surface area (TPSA) is 26.9 Å². The molecule has 0 radical (unpaired) electrons. The molecule has 1 aliphatic rings. The smallest absolute Gasteiger partial charge is 0.228 e. The first-order valence-electron chi connectivity index (χ1n) is 6.00. The van der Waals surface area contributed by atoms with Crippen LogP contribution in [0.1, 0.15) is 21.7 Å². The van der Waals surface area contributed by atoms with Gasteiger partial charge < -0.3 is 9.13 Å². The Kier molecular flexibility index (Phi) is 1.58. The fraction of sp³-hybridized carbons (Fsp3) is 0.133. The van der Waals surface area contributed by atoms with Gasteiger partial charge in [0.25, 0.3) is 0 Å². The lowest BCUT2D eigenvalue weighted by Crippen LogP contribution is -2.03. The van der Waals surface area contributed by atoms with Gasteiger partial charge in [0.2, 0.25) is 5.78 Å². The average molecular weight is 236 g/mol. The first-order chi connectivity index (χ1) is 8.68. The molecule has 2 aromatic heterocycles. The van der Waals surface area contributed by atoms with Crippen molar-refractivity contribution in [2.75, 3.05) is 0 Å². The summed E-state index contributed by atoms with van der Waals surface area (Å²) in [6, 6.07) is 10.1.